The van der Waals surface area contributed by atoms with Gasteiger partial charge in [0.2, 0.25) is 0 Å². The van der Waals surface area contributed by atoms with Crippen molar-refractivity contribution in [1.82, 2.24) is 4.90 Å². The number of hydrogen-bond acceptors (Lipinski definition) is 2. The molecule has 0 aromatic heterocycles. The zero-order valence-electron chi connectivity index (χ0n) is 8.26. The van der Waals surface area contributed by atoms with Crippen molar-refractivity contribution in [1.29, 1.82) is 0 Å². The van der Waals surface area contributed by atoms with Crippen LogP contribution in [0.4, 0.5) is 0 Å². The van der Waals surface area contributed by atoms with Crippen molar-refractivity contribution in [3.63, 3.8) is 0 Å². The van der Waals surface area contributed by atoms with Crippen LogP contribution >= 0.6 is 11.6 Å². The first kappa shape index (κ1) is 12.2. The van der Waals surface area contributed by atoms with E-state index in [1.165, 1.54) is 0 Å². The molecule has 0 amide bonds. The molecule has 2 atom stereocenters. The molecule has 0 spiro atoms. The van der Waals surface area contributed by atoms with E-state index in [4.69, 9.17) is 16.7 Å². The Labute approximate surface area is 80.5 Å². The van der Waals surface area contributed by atoms with Gasteiger partial charge in [-0.25, -0.2) is 0 Å². The number of alkyl halides is 1. The summed E-state index contributed by atoms with van der Waals surface area (Å²) in [6, 6.07) is 0. The fourth-order valence-corrected chi connectivity index (χ4v) is 1.18. The first-order valence-electron chi connectivity index (χ1n) is 4.48. The van der Waals surface area contributed by atoms with E-state index < -0.39 is 0 Å². The average molecular weight is 194 g/mol. The van der Waals surface area contributed by atoms with E-state index in [2.05, 4.69) is 18.9 Å². The summed E-state index contributed by atoms with van der Waals surface area (Å²) in [5.41, 5.74) is 0. The molecule has 2 nitrogen and oxygen atoms in total. The Balaban J connectivity index is 3.39. The van der Waals surface area contributed by atoms with Crippen LogP contribution in [0, 0.1) is 5.92 Å². The Morgan fingerprint density at radius 1 is 1.42 bits per heavy atom. The molecule has 0 fully saturated rings. The van der Waals surface area contributed by atoms with Crippen LogP contribution in [0.5, 0.6) is 0 Å². The molecule has 12 heavy (non-hydrogen) atoms. The maximum Gasteiger partial charge on any atom is 0.0524 e. The summed E-state index contributed by atoms with van der Waals surface area (Å²) in [7, 11) is 2.06. The Kier molecular flexibility index (Phi) is 6.81. The second-order valence-corrected chi connectivity index (χ2v) is 3.97. The van der Waals surface area contributed by atoms with E-state index in [0.717, 1.165) is 19.5 Å². The van der Waals surface area contributed by atoms with E-state index >= 15 is 0 Å². The predicted octanol–water partition coefficient (Wildman–Crippen LogP) is 1.56. The molecule has 0 aliphatic heterocycles. The third-order valence-corrected chi connectivity index (χ3v) is 2.34. The predicted molar refractivity (Wildman–Crippen MR) is 53.7 cm³/mol. The molecule has 0 aliphatic rings. The minimum Gasteiger partial charge on any atom is -0.393 e. The lowest BCUT2D eigenvalue weighted by Crippen LogP contribution is -2.27. The highest BCUT2D eigenvalue weighted by Crippen LogP contribution is 2.01. The lowest BCUT2D eigenvalue weighted by Gasteiger charge is -2.20. The molecule has 0 aromatic carbocycles. The highest BCUT2D eigenvalue weighted by Gasteiger charge is 2.05. The van der Waals surface area contributed by atoms with Gasteiger partial charge in [0.15, 0.2) is 0 Å². The van der Waals surface area contributed by atoms with Crippen LogP contribution in [0.3, 0.4) is 0 Å². The van der Waals surface area contributed by atoms with Gasteiger partial charge in [-0.1, -0.05) is 6.92 Å². The molecule has 2 unspecified atom stereocenters. The van der Waals surface area contributed by atoms with Crippen LogP contribution in [-0.4, -0.2) is 42.1 Å². The number of aliphatic hydroxyl groups is 1. The molecular formula is C9H20ClNO. The minimum absolute atomic E-state index is 0.196. The minimum atomic E-state index is -0.196. The van der Waals surface area contributed by atoms with Crippen LogP contribution in [0.2, 0.25) is 0 Å². The van der Waals surface area contributed by atoms with Crippen LogP contribution in [0.1, 0.15) is 20.3 Å². The molecule has 3 heteroatoms. The molecule has 0 aromatic rings. The zero-order valence-corrected chi connectivity index (χ0v) is 9.01. The van der Waals surface area contributed by atoms with Gasteiger partial charge in [-0.05, 0) is 26.3 Å². The van der Waals surface area contributed by atoms with Crippen LogP contribution in [-0.2, 0) is 0 Å². The zero-order chi connectivity index (χ0) is 9.56. The van der Waals surface area contributed by atoms with Gasteiger partial charge < -0.3 is 10.0 Å². The third-order valence-electron chi connectivity index (χ3n) is 1.82. The van der Waals surface area contributed by atoms with Crippen molar-refractivity contribution in [2.24, 2.45) is 5.92 Å². The Hall–Kier alpha value is 0.210. The third kappa shape index (κ3) is 6.89. The molecule has 0 saturated heterocycles. The molecular weight excluding hydrogens is 174 g/mol. The fraction of sp³-hybridized carbons (Fsp3) is 1.00. The van der Waals surface area contributed by atoms with E-state index in [1.54, 1.807) is 0 Å². The fourth-order valence-electron chi connectivity index (χ4n) is 1.08. The molecule has 0 bridgehead atoms. The summed E-state index contributed by atoms with van der Waals surface area (Å²) in [6.45, 7) is 5.90. The van der Waals surface area contributed by atoms with Crippen LogP contribution < -0.4 is 0 Å². The number of aliphatic hydroxyl groups excluding tert-OH is 1. The SMILES string of the molecule is CC(O)CCN(C)CC(C)CCl. The van der Waals surface area contributed by atoms with Crippen molar-refractivity contribution in [3.8, 4) is 0 Å². The van der Waals surface area contributed by atoms with Gasteiger partial charge in [0.1, 0.15) is 0 Å². The van der Waals surface area contributed by atoms with Gasteiger partial charge >= 0.3 is 0 Å². The van der Waals surface area contributed by atoms with Crippen molar-refractivity contribution in [2.75, 3.05) is 26.0 Å². The Bertz CT molecular complexity index is 109. The smallest absolute Gasteiger partial charge is 0.0524 e. The van der Waals surface area contributed by atoms with Crippen LogP contribution in [0.25, 0.3) is 0 Å². The summed E-state index contributed by atoms with van der Waals surface area (Å²) in [4.78, 5) is 2.21. The number of halogens is 1. The first-order valence-corrected chi connectivity index (χ1v) is 5.02. The highest BCUT2D eigenvalue weighted by atomic mass is 35.5. The average Bonchev–Trinajstić information content (AvgIpc) is 2.00. The van der Waals surface area contributed by atoms with Crippen molar-refractivity contribution in [3.05, 3.63) is 0 Å². The molecule has 0 aliphatic carbocycles. The lowest BCUT2D eigenvalue weighted by atomic mass is 10.2. The summed E-state index contributed by atoms with van der Waals surface area (Å²) >= 11 is 5.68. The summed E-state index contributed by atoms with van der Waals surface area (Å²) in [5, 5.41) is 9.04. The van der Waals surface area contributed by atoms with Gasteiger partial charge in [0, 0.05) is 19.0 Å². The number of rotatable bonds is 6. The van der Waals surface area contributed by atoms with Gasteiger partial charge in [0.05, 0.1) is 6.10 Å². The van der Waals surface area contributed by atoms with Crippen molar-refractivity contribution < 1.29 is 5.11 Å². The topological polar surface area (TPSA) is 23.5 Å². The molecule has 0 rings (SSSR count). The van der Waals surface area contributed by atoms with E-state index in [1.807, 2.05) is 6.92 Å². The maximum atomic E-state index is 9.04. The monoisotopic (exact) mass is 193 g/mol. The summed E-state index contributed by atoms with van der Waals surface area (Å²) in [6.07, 6.45) is 0.643. The van der Waals surface area contributed by atoms with Crippen molar-refractivity contribution in [2.45, 2.75) is 26.4 Å². The second kappa shape index (κ2) is 6.70. The van der Waals surface area contributed by atoms with E-state index in [0.29, 0.717) is 11.8 Å². The number of hydrogen-bond donors (Lipinski definition) is 1. The molecule has 0 saturated carbocycles. The van der Waals surface area contributed by atoms with Gasteiger partial charge in [-0.2, -0.15) is 0 Å². The second-order valence-electron chi connectivity index (χ2n) is 3.66. The maximum absolute atomic E-state index is 9.04. The first-order chi connectivity index (χ1) is 5.56. The molecule has 1 N–H and O–H groups in total. The van der Waals surface area contributed by atoms with Gasteiger partial charge in [-0.3, -0.25) is 0 Å². The van der Waals surface area contributed by atoms with Gasteiger partial charge in [0.25, 0.3) is 0 Å². The quantitative estimate of drug-likeness (QED) is 0.648. The normalized spacial score (nSPS) is 16.5. The molecule has 0 radical (unpaired) electrons. The lowest BCUT2D eigenvalue weighted by molar-refractivity contribution is 0.161. The molecule has 74 valence electrons. The Morgan fingerprint density at radius 2 is 2.00 bits per heavy atom. The van der Waals surface area contributed by atoms with E-state index in [-0.39, 0.29) is 6.10 Å². The largest absolute Gasteiger partial charge is 0.393 e. The standard InChI is InChI=1S/C9H20ClNO/c1-8(6-10)7-11(3)5-4-9(2)12/h8-9,12H,4-7H2,1-3H3. The molecule has 0 heterocycles. The number of nitrogens with zero attached hydrogens (tertiary/aromatic N) is 1. The highest BCUT2D eigenvalue weighted by molar-refractivity contribution is 6.18. The van der Waals surface area contributed by atoms with Crippen molar-refractivity contribution >= 4 is 11.6 Å². The van der Waals surface area contributed by atoms with Crippen LogP contribution in [0.15, 0.2) is 0 Å². The van der Waals surface area contributed by atoms with Gasteiger partial charge in [-0.15, -0.1) is 11.6 Å². The summed E-state index contributed by atoms with van der Waals surface area (Å²) < 4.78 is 0. The van der Waals surface area contributed by atoms with E-state index in [9.17, 15) is 0 Å². The Morgan fingerprint density at radius 3 is 2.42 bits per heavy atom. The summed E-state index contributed by atoms with van der Waals surface area (Å²) in [5.74, 6) is 1.24.